The van der Waals surface area contributed by atoms with Crippen LogP contribution >= 0.6 is 0 Å². The van der Waals surface area contributed by atoms with Crippen molar-refractivity contribution in [2.75, 3.05) is 0 Å². The second kappa shape index (κ2) is 5.49. The second-order valence-corrected chi connectivity index (χ2v) is 5.92. The van der Waals surface area contributed by atoms with Crippen LogP contribution in [0.15, 0.2) is 16.8 Å². The van der Waals surface area contributed by atoms with E-state index in [1.807, 2.05) is 32.9 Å². The average molecular weight is 314 g/mol. The number of aryl methyl sites for hydroxylation is 4. The normalized spacial score (nSPS) is 17.7. The van der Waals surface area contributed by atoms with Crippen LogP contribution in [0.3, 0.4) is 0 Å². The summed E-state index contributed by atoms with van der Waals surface area (Å²) in [5, 5.41) is 10.2. The Morgan fingerprint density at radius 2 is 1.78 bits per heavy atom. The molecule has 0 radical (unpaired) electrons. The van der Waals surface area contributed by atoms with Crippen molar-refractivity contribution in [3.05, 3.63) is 45.8 Å². The molecule has 1 aromatic heterocycles. The predicted octanol–water partition coefficient (Wildman–Crippen LogP) is 2.10. The highest BCUT2D eigenvalue weighted by Crippen LogP contribution is 2.29. The summed E-state index contributed by atoms with van der Waals surface area (Å²) in [6.07, 6.45) is 0. The van der Waals surface area contributed by atoms with Gasteiger partial charge in [0, 0.05) is 0 Å². The Balaban J connectivity index is 1.91. The van der Waals surface area contributed by atoms with E-state index in [2.05, 4.69) is 20.3 Å². The molecule has 7 nitrogen and oxygen atoms in total. The Bertz CT molecular complexity index is 773. The summed E-state index contributed by atoms with van der Waals surface area (Å²) in [5.41, 5.74) is 5.00. The molecule has 1 aliphatic rings. The molecule has 1 aliphatic heterocycles. The zero-order chi connectivity index (χ0) is 16.7. The third kappa shape index (κ3) is 2.58. The number of nitrogens with zero attached hydrogens (tertiary/aromatic N) is 3. The highest BCUT2D eigenvalue weighted by atomic mass is 16.6. The second-order valence-electron chi connectivity index (χ2n) is 5.92. The van der Waals surface area contributed by atoms with Gasteiger partial charge in [-0.05, 0) is 44.4 Å². The van der Waals surface area contributed by atoms with E-state index < -0.39 is 12.1 Å². The molecule has 2 heterocycles. The molecule has 1 aromatic carbocycles. The standard InChI is InChI=1S/C16H18N4O3/c1-8-5-9(2)13(10(3)6-8)14-15(21)20(16(22)17-14)7-12-11(4)18-23-19-12/h5-6,14H,7H2,1-4H3,(H,17,22). The van der Waals surface area contributed by atoms with Crippen LogP contribution in [-0.2, 0) is 11.3 Å². The molecule has 3 amide bonds. The Morgan fingerprint density at radius 3 is 2.35 bits per heavy atom. The van der Waals surface area contributed by atoms with Gasteiger partial charge < -0.3 is 5.32 Å². The lowest BCUT2D eigenvalue weighted by molar-refractivity contribution is -0.128. The summed E-state index contributed by atoms with van der Waals surface area (Å²) in [6.45, 7) is 7.67. The quantitative estimate of drug-likeness (QED) is 0.876. The monoisotopic (exact) mass is 314 g/mol. The van der Waals surface area contributed by atoms with Crippen LogP contribution in [0.4, 0.5) is 4.79 Å². The molecule has 23 heavy (non-hydrogen) atoms. The lowest BCUT2D eigenvalue weighted by atomic mass is 9.94. The van der Waals surface area contributed by atoms with Gasteiger partial charge in [0.2, 0.25) is 0 Å². The smallest absolute Gasteiger partial charge is 0.322 e. The Hall–Kier alpha value is -2.70. The zero-order valence-corrected chi connectivity index (χ0v) is 13.5. The highest BCUT2D eigenvalue weighted by Gasteiger charge is 2.40. The number of hydrogen-bond acceptors (Lipinski definition) is 5. The number of hydrogen-bond donors (Lipinski definition) is 1. The minimum Gasteiger partial charge on any atom is -0.322 e. The molecule has 0 spiro atoms. The Labute approximate surface area is 133 Å². The average Bonchev–Trinajstić information content (AvgIpc) is 2.97. The number of carbonyl (C=O) groups excluding carboxylic acids is 2. The summed E-state index contributed by atoms with van der Waals surface area (Å²) < 4.78 is 4.62. The maximum absolute atomic E-state index is 12.7. The van der Waals surface area contributed by atoms with Gasteiger partial charge in [-0.1, -0.05) is 28.0 Å². The van der Waals surface area contributed by atoms with Gasteiger partial charge in [0.1, 0.15) is 17.4 Å². The minimum absolute atomic E-state index is 0.0560. The lowest BCUT2D eigenvalue weighted by Gasteiger charge is -2.16. The van der Waals surface area contributed by atoms with Gasteiger partial charge >= 0.3 is 6.03 Å². The number of nitrogens with one attached hydrogen (secondary N) is 1. The highest BCUT2D eigenvalue weighted by molar-refractivity contribution is 6.04. The number of amides is 3. The van der Waals surface area contributed by atoms with Crippen LogP contribution in [0.5, 0.6) is 0 Å². The first kappa shape index (κ1) is 15.2. The largest absolute Gasteiger partial charge is 0.325 e. The molecule has 1 unspecified atom stereocenters. The first-order valence-electron chi connectivity index (χ1n) is 7.36. The molecular formula is C16H18N4O3. The fourth-order valence-corrected chi connectivity index (χ4v) is 3.05. The third-order valence-corrected chi connectivity index (χ3v) is 4.11. The Morgan fingerprint density at radius 1 is 1.13 bits per heavy atom. The van der Waals surface area contributed by atoms with Gasteiger partial charge in [0.15, 0.2) is 0 Å². The molecule has 0 aliphatic carbocycles. The van der Waals surface area contributed by atoms with Gasteiger partial charge in [-0.25, -0.2) is 9.42 Å². The van der Waals surface area contributed by atoms with E-state index in [1.54, 1.807) is 6.92 Å². The number of rotatable bonds is 3. The van der Waals surface area contributed by atoms with Crippen molar-refractivity contribution in [1.82, 2.24) is 20.5 Å². The Kier molecular flexibility index (Phi) is 3.63. The van der Waals surface area contributed by atoms with Crippen molar-refractivity contribution in [1.29, 1.82) is 0 Å². The molecule has 0 saturated carbocycles. The van der Waals surface area contributed by atoms with E-state index in [1.165, 1.54) is 0 Å². The molecule has 120 valence electrons. The van der Waals surface area contributed by atoms with E-state index in [0.29, 0.717) is 11.4 Å². The van der Waals surface area contributed by atoms with Gasteiger partial charge in [-0.15, -0.1) is 0 Å². The topological polar surface area (TPSA) is 88.3 Å². The third-order valence-electron chi connectivity index (χ3n) is 4.11. The van der Waals surface area contributed by atoms with Crippen molar-refractivity contribution < 1.29 is 14.2 Å². The van der Waals surface area contributed by atoms with Crippen molar-refractivity contribution in [2.24, 2.45) is 0 Å². The number of aromatic nitrogens is 2. The molecule has 0 bridgehead atoms. The van der Waals surface area contributed by atoms with Gasteiger partial charge in [0.05, 0.1) is 6.54 Å². The van der Waals surface area contributed by atoms with Crippen LogP contribution in [0.1, 0.15) is 39.7 Å². The summed E-state index contributed by atoms with van der Waals surface area (Å²) in [7, 11) is 0. The molecular weight excluding hydrogens is 296 g/mol. The minimum atomic E-state index is -0.664. The van der Waals surface area contributed by atoms with Gasteiger partial charge in [0.25, 0.3) is 5.91 Å². The lowest BCUT2D eigenvalue weighted by Crippen LogP contribution is -2.30. The van der Waals surface area contributed by atoms with E-state index in [9.17, 15) is 9.59 Å². The van der Waals surface area contributed by atoms with Crippen molar-refractivity contribution in [3.8, 4) is 0 Å². The first-order chi connectivity index (χ1) is 10.9. The van der Waals surface area contributed by atoms with E-state index >= 15 is 0 Å². The summed E-state index contributed by atoms with van der Waals surface area (Å²) >= 11 is 0. The molecule has 1 saturated heterocycles. The van der Waals surface area contributed by atoms with Crippen LogP contribution in [0.25, 0.3) is 0 Å². The number of benzene rings is 1. The predicted molar refractivity (Wildman–Crippen MR) is 81.5 cm³/mol. The molecule has 2 aromatic rings. The van der Waals surface area contributed by atoms with E-state index in [0.717, 1.165) is 27.2 Å². The fourth-order valence-electron chi connectivity index (χ4n) is 3.05. The van der Waals surface area contributed by atoms with Crippen molar-refractivity contribution in [2.45, 2.75) is 40.3 Å². The summed E-state index contributed by atoms with van der Waals surface area (Å²) in [5.74, 6) is -0.285. The van der Waals surface area contributed by atoms with E-state index in [4.69, 9.17) is 0 Å². The van der Waals surface area contributed by atoms with Gasteiger partial charge in [-0.3, -0.25) is 9.69 Å². The molecule has 7 heteroatoms. The molecule has 1 N–H and O–H groups in total. The van der Waals surface area contributed by atoms with E-state index in [-0.39, 0.29) is 12.5 Å². The van der Waals surface area contributed by atoms with Crippen molar-refractivity contribution in [3.63, 3.8) is 0 Å². The first-order valence-corrected chi connectivity index (χ1v) is 7.36. The maximum atomic E-state index is 12.7. The fraction of sp³-hybridized carbons (Fsp3) is 0.375. The number of carbonyl (C=O) groups is 2. The number of imide groups is 1. The molecule has 1 fully saturated rings. The molecule has 3 rings (SSSR count). The SMILES string of the molecule is Cc1cc(C)c(C2NC(=O)N(Cc3nonc3C)C2=O)c(C)c1. The van der Waals surface area contributed by atoms with Crippen LogP contribution in [0.2, 0.25) is 0 Å². The van der Waals surface area contributed by atoms with Crippen LogP contribution < -0.4 is 5.32 Å². The zero-order valence-electron chi connectivity index (χ0n) is 13.5. The van der Waals surface area contributed by atoms with Crippen molar-refractivity contribution >= 4 is 11.9 Å². The number of urea groups is 1. The van der Waals surface area contributed by atoms with Crippen LogP contribution in [0, 0.1) is 27.7 Å². The summed E-state index contributed by atoms with van der Waals surface area (Å²) in [4.78, 5) is 26.1. The molecule has 1 atom stereocenters. The maximum Gasteiger partial charge on any atom is 0.325 e. The van der Waals surface area contributed by atoms with Gasteiger partial charge in [-0.2, -0.15) is 0 Å². The summed E-state index contributed by atoms with van der Waals surface area (Å²) in [6, 6.07) is 2.93. The van der Waals surface area contributed by atoms with Crippen LogP contribution in [-0.4, -0.2) is 27.2 Å².